The number of hydrogen-bond acceptors (Lipinski definition) is 2. The molecule has 0 heterocycles. The lowest BCUT2D eigenvalue weighted by Crippen LogP contribution is -2.12. The van der Waals surface area contributed by atoms with Crippen molar-refractivity contribution in [2.75, 3.05) is 5.32 Å². The van der Waals surface area contributed by atoms with E-state index < -0.39 is 0 Å². The molecule has 2 aromatic carbocycles. The van der Waals surface area contributed by atoms with Gasteiger partial charge in [-0.25, -0.2) is 0 Å². The van der Waals surface area contributed by atoms with Crippen LogP contribution in [0.4, 0.5) is 11.4 Å². The van der Waals surface area contributed by atoms with E-state index in [1.807, 2.05) is 18.2 Å². The molecule has 0 atom stereocenters. The molecule has 2 nitrogen and oxygen atoms in total. The standard InChI is InChI=1S/C17H20N2S/c1-11(2)13-6-4-5-7-15(13)19-16-10-12(3)8-9-14(16)17(18)20/h4-11,19H,1-3H3,(H2,18,20). The van der Waals surface area contributed by atoms with Crippen LogP contribution in [-0.2, 0) is 0 Å². The summed E-state index contributed by atoms with van der Waals surface area (Å²) in [5.74, 6) is 0.455. The van der Waals surface area contributed by atoms with E-state index in [4.69, 9.17) is 18.0 Å². The van der Waals surface area contributed by atoms with Crippen LogP contribution in [0.2, 0.25) is 0 Å². The summed E-state index contributed by atoms with van der Waals surface area (Å²) in [6, 6.07) is 14.4. The minimum Gasteiger partial charge on any atom is -0.389 e. The fourth-order valence-electron chi connectivity index (χ4n) is 2.24. The van der Waals surface area contributed by atoms with Gasteiger partial charge in [0.05, 0.1) is 0 Å². The number of benzene rings is 2. The Labute approximate surface area is 126 Å². The van der Waals surface area contributed by atoms with E-state index in [1.165, 1.54) is 11.1 Å². The van der Waals surface area contributed by atoms with Crippen LogP contribution in [0, 0.1) is 6.92 Å². The molecule has 3 N–H and O–H groups in total. The zero-order chi connectivity index (χ0) is 14.7. The topological polar surface area (TPSA) is 38.0 Å². The predicted molar refractivity (Wildman–Crippen MR) is 90.9 cm³/mol. The van der Waals surface area contributed by atoms with Crippen LogP contribution in [-0.4, -0.2) is 4.99 Å². The molecular weight excluding hydrogens is 264 g/mol. The number of nitrogens with one attached hydrogen (secondary N) is 1. The maximum Gasteiger partial charge on any atom is 0.106 e. The maximum atomic E-state index is 5.81. The fraction of sp³-hybridized carbons (Fsp3) is 0.235. The normalized spacial score (nSPS) is 10.6. The van der Waals surface area contributed by atoms with Crippen molar-refractivity contribution in [3.05, 3.63) is 59.2 Å². The van der Waals surface area contributed by atoms with Crippen molar-refractivity contribution in [2.45, 2.75) is 26.7 Å². The average molecular weight is 284 g/mol. The highest BCUT2D eigenvalue weighted by molar-refractivity contribution is 7.80. The molecule has 0 amide bonds. The number of thiocarbonyl (C=S) groups is 1. The summed E-state index contributed by atoms with van der Waals surface area (Å²) in [4.78, 5) is 0.412. The number of rotatable bonds is 4. The summed E-state index contributed by atoms with van der Waals surface area (Å²) in [6.07, 6.45) is 0. The Morgan fingerprint density at radius 1 is 1.10 bits per heavy atom. The Kier molecular flexibility index (Phi) is 4.40. The minimum atomic E-state index is 0.412. The quantitative estimate of drug-likeness (QED) is 0.812. The first-order chi connectivity index (χ1) is 9.49. The second-order valence-corrected chi connectivity index (χ2v) is 5.72. The van der Waals surface area contributed by atoms with E-state index in [-0.39, 0.29) is 0 Å². The highest BCUT2D eigenvalue weighted by Gasteiger charge is 2.10. The van der Waals surface area contributed by atoms with Gasteiger partial charge in [-0.1, -0.05) is 50.3 Å². The Morgan fingerprint density at radius 2 is 1.80 bits per heavy atom. The molecule has 0 saturated carbocycles. The fourth-order valence-corrected chi connectivity index (χ4v) is 2.41. The SMILES string of the molecule is Cc1ccc(C(N)=S)c(Nc2ccccc2C(C)C)c1. The van der Waals surface area contributed by atoms with Gasteiger partial charge < -0.3 is 11.1 Å². The highest BCUT2D eigenvalue weighted by atomic mass is 32.1. The van der Waals surface area contributed by atoms with Crippen molar-refractivity contribution in [3.63, 3.8) is 0 Å². The lowest BCUT2D eigenvalue weighted by Gasteiger charge is -2.17. The summed E-state index contributed by atoms with van der Waals surface area (Å²) < 4.78 is 0. The third kappa shape index (κ3) is 3.17. The summed E-state index contributed by atoms with van der Waals surface area (Å²) in [5.41, 5.74) is 11.2. The van der Waals surface area contributed by atoms with Crippen LogP contribution in [0.15, 0.2) is 42.5 Å². The lowest BCUT2D eigenvalue weighted by molar-refractivity contribution is 0.869. The van der Waals surface area contributed by atoms with E-state index in [2.05, 4.69) is 50.4 Å². The van der Waals surface area contributed by atoms with Gasteiger partial charge in [-0.2, -0.15) is 0 Å². The Balaban J connectivity index is 2.45. The van der Waals surface area contributed by atoms with Gasteiger partial charge >= 0.3 is 0 Å². The van der Waals surface area contributed by atoms with Crippen molar-refractivity contribution in [2.24, 2.45) is 5.73 Å². The van der Waals surface area contributed by atoms with E-state index in [1.54, 1.807) is 0 Å². The Bertz CT molecular complexity index is 633. The van der Waals surface area contributed by atoms with Crippen molar-refractivity contribution in [1.29, 1.82) is 0 Å². The molecule has 0 spiro atoms. The summed E-state index contributed by atoms with van der Waals surface area (Å²) in [7, 11) is 0. The molecule has 0 aliphatic carbocycles. The summed E-state index contributed by atoms with van der Waals surface area (Å²) >= 11 is 5.13. The van der Waals surface area contributed by atoms with Crippen molar-refractivity contribution < 1.29 is 0 Å². The van der Waals surface area contributed by atoms with Crippen LogP contribution in [0.5, 0.6) is 0 Å². The van der Waals surface area contributed by atoms with Crippen molar-refractivity contribution in [1.82, 2.24) is 0 Å². The van der Waals surface area contributed by atoms with Gasteiger partial charge in [0.25, 0.3) is 0 Å². The molecule has 2 aromatic rings. The molecule has 0 aliphatic heterocycles. The smallest absolute Gasteiger partial charge is 0.106 e. The molecule has 20 heavy (non-hydrogen) atoms. The Hall–Kier alpha value is -1.87. The number of anilines is 2. The predicted octanol–water partition coefficient (Wildman–Crippen LogP) is 4.50. The zero-order valence-corrected chi connectivity index (χ0v) is 12.9. The first-order valence-corrected chi connectivity index (χ1v) is 7.16. The second kappa shape index (κ2) is 6.06. The monoisotopic (exact) mass is 284 g/mol. The van der Waals surface area contributed by atoms with Crippen molar-refractivity contribution >= 4 is 28.6 Å². The molecule has 0 radical (unpaired) electrons. The summed E-state index contributed by atoms with van der Waals surface area (Å²) in [5, 5.41) is 3.48. The second-order valence-electron chi connectivity index (χ2n) is 5.28. The van der Waals surface area contributed by atoms with E-state index in [9.17, 15) is 0 Å². The van der Waals surface area contributed by atoms with Gasteiger partial charge in [0, 0.05) is 16.9 Å². The third-order valence-electron chi connectivity index (χ3n) is 3.29. The first-order valence-electron chi connectivity index (χ1n) is 6.75. The molecule has 3 heteroatoms. The molecule has 0 bridgehead atoms. The molecule has 0 saturated heterocycles. The molecular formula is C17H20N2S. The van der Waals surface area contributed by atoms with Gasteiger partial charge in [0.2, 0.25) is 0 Å². The molecule has 0 unspecified atom stereocenters. The highest BCUT2D eigenvalue weighted by Crippen LogP contribution is 2.29. The third-order valence-corrected chi connectivity index (χ3v) is 3.51. The first kappa shape index (κ1) is 14.5. The molecule has 104 valence electrons. The Morgan fingerprint density at radius 3 is 2.45 bits per heavy atom. The average Bonchev–Trinajstić information content (AvgIpc) is 2.38. The number of hydrogen-bond donors (Lipinski definition) is 2. The minimum absolute atomic E-state index is 0.412. The molecule has 0 fully saturated rings. The maximum absolute atomic E-state index is 5.81. The number of para-hydroxylation sites is 1. The van der Waals surface area contributed by atoms with Crippen LogP contribution in [0.1, 0.15) is 36.5 Å². The lowest BCUT2D eigenvalue weighted by atomic mass is 10.0. The van der Waals surface area contributed by atoms with Gasteiger partial charge in [-0.05, 0) is 42.2 Å². The number of nitrogens with two attached hydrogens (primary N) is 1. The van der Waals surface area contributed by atoms with Crippen LogP contribution >= 0.6 is 12.2 Å². The molecule has 0 aliphatic rings. The van der Waals surface area contributed by atoms with Gasteiger partial charge in [0.15, 0.2) is 0 Å². The molecule has 2 rings (SSSR count). The number of aryl methyl sites for hydroxylation is 1. The van der Waals surface area contributed by atoms with Gasteiger partial charge in [0.1, 0.15) is 4.99 Å². The van der Waals surface area contributed by atoms with Crippen LogP contribution in [0.3, 0.4) is 0 Å². The summed E-state index contributed by atoms with van der Waals surface area (Å²) in [6.45, 7) is 6.43. The largest absolute Gasteiger partial charge is 0.389 e. The van der Waals surface area contributed by atoms with E-state index >= 15 is 0 Å². The van der Waals surface area contributed by atoms with Crippen LogP contribution < -0.4 is 11.1 Å². The van der Waals surface area contributed by atoms with E-state index in [0.717, 1.165) is 16.9 Å². The molecule has 0 aromatic heterocycles. The van der Waals surface area contributed by atoms with E-state index in [0.29, 0.717) is 10.9 Å². The van der Waals surface area contributed by atoms with Gasteiger partial charge in [-0.15, -0.1) is 0 Å². The zero-order valence-electron chi connectivity index (χ0n) is 12.1. The van der Waals surface area contributed by atoms with Gasteiger partial charge in [-0.3, -0.25) is 0 Å². The van der Waals surface area contributed by atoms with Crippen molar-refractivity contribution in [3.8, 4) is 0 Å². The van der Waals surface area contributed by atoms with Crippen LogP contribution in [0.25, 0.3) is 0 Å².